The number of phenolic OH excluding ortho intramolecular Hbond substituents is 18. The van der Waals surface area contributed by atoms with E-state index in [9.17, 15) is 121 Å². The third kappa shape index (κ3) is 24.5. The molecule has 0 aromatic heterocycles. The molecule has 0 heterocycles. The highest BCUT2D eigenvalue weighted by Gasteiger charge is 2.34. The molecule has 0 saturated carbocycles. The quantitative estimate of drug-likeness (QED) is 0.0307. The summed E-state index contributed by atoms with van der Waals surface area (Å²) < 4.78 is 8.40. The van der Waals surface area contributed by atoms with Gasteiger partial charge in [-0.15, -0.1) is 0 Å². The second-order valence-corrected chi connectivity index (χ2v) is 45.9. The van der Waals surface area contributed by atoms with Crippen molar-refractivity contribution < 1.29 is 121 Å². The molecule has 12 aromatic rings. The van der Waals surface area contributed by atoms with Gasteiger partial charge in [-0.2, -0.15) is 0 Å². The average molecular weight is 3360 g/mol. The summed E-state index contributed by atoms with van der Waals surface area (Å²) in [6.45, 7) is 9.91. The topological polar surface area (TPSA) is 467 Å². The highest BCUT2D eigenvalue weighted by Crippen LogP contribution is 2.54. The van der Waals surface area contributed by atoms with Crippen molar-refractivity contribution in [3.05, 3.63) is 280 Å². The van der Waals surface area contributed by atoms with Gasteiger partial charge in [0, 0.05) is 118 Å². The second kappa shape index (κ2) is 47.9. The van der Waals surface area contributed by atoms with E-state index in [4.69, 9.17) is 0 Å². The van der Waals surface area contributed by atoms with Crippen molar-refractivity contribution in [1.82, 2.24) is 0 Å². The highest BCUT2D eigenvalue weighted by molar-refractivity contribution is 9.16. The number of aryl methyl sites for hydroxylation is 3. The van der Waals surface area contributed by atoms with Gasteiger partial charge in [-0.05, 0) is 513 Å². The van der Waals surface area contributed by atoms with Gasteiger partial charge in [0.15, 0.2) is 104 Å². The average Bonchev–Trinajstić information content (AvgIpc) is 0.759. The molecule has 0 aliphatic rings. The van der Waals surface area contributed by atoms with Crippen LogP contribution in [0.15, 0.2) is 180 Å². The van der Waals surface area contributed by atoms with Crippen LogP contribution in [0.4, 0.5) is 0 Å². The first-order valence-corrected chi connectivity index (χ1v) is 53.8. The molecule has 0 radical (unpaired) electrons. The summed E-state index contributed by atoms with van der Waals surface area (Å²) in [6.07, 6.45) is 0. The zero-order chi connectivity index (χ0) is 101. The summed E-state index contributed by atoms with van der Waals surface area (Å²) in [7, 11) is 0. The van der Waals surface area contributed by atoms with Crippen molar-refractivity contribution in [2.24, 2.45) is 0 Å². The van der Waals surface area contributed by atoms with E-state index in [2.05, 4.69) is 382 Å². The fraction of sp³-hybridized carbons (Fsp3) is 0.0714. The minimum atomic E-state index is -0.498. The zero-order valence-electron chi connectivity index (χ0n) is 65.5. The first kappa shape index (κ1) is 116. The monoisotopic (exact) mass is 3330 g/mol. The van der Waals surface area contributed by atoms with E-state index in [1.54, 1.807) is 46.8 Å². The van der Waals surface area contributed by atoms with Crippen LogP contribution < -0.4 is 0 Å². The Balaban J connectivity index is 0.000000217. The van der Waals surface area contributed by atoms with Crippen molar-refractivity contribution in [1.29, 1.82) is 0 Å². The Morgan fingerprint density at radius 2 is 0.477 bits per heavy atom. The smallest absolute Gasteiger partial charge is 0.198 e. The van der Waals surface area contributed by atoms with Gasteiger partial charge in [0.1, 0.15) is 34.5 Å². The third-order valence-corrected chi connectivity index (χ3v) is 42.1. The van der Waals surface area contributed by atoms with Crippen LogP contribution >= 0.6 is 382 Å². The van der Waals surface area contributed by atoms with E-state index in [1.807, 2.05) is 0 Å². The molecular weight excluding hydrogens is 3310 g/mol. The summed E-state index contributed by atoms with van der Waals surface area (Å²) in [5.74, 6) is -7.10. The normalized spacial score (nSPS) is 10.8. The number of phenols is 18. The van der Waals surface area contributed by atoms with Gasteiger partial charge >= 0.3 is 0 Å². The highest BCUT2D eigenvalue weighted by atomic mass is 79.9. The first-order chi connectivity index (χ1) is 61.0. The van der Waals surface area contributed by atoms with Crippen molar-refractivity contribution in [3.8, 4) is 103 Å². The maximum absolute atomic E-state index is 13.2. The minimum Gasteiger partial charge on any atom is -0.507 e. The Hall–Kier alpha value is -3.42. The van der Waals surface area contributed by atoms with E-state index in [1.165, 1.54) is 55.5 Å². The molecule has 0 saturated heterocycles. The van der Waals surface area contributed by atoms with Crippen LogP contribution in [0.3, 0.4) is 0 Å². The van der Waals surface area contributed by atoms with Crippen molar-refractivity contribution in [2.75, 3.05) is 0 Å². The fourth-order valence-corrected chi connectivity index (χ4v) is 24.4. The molecule has 48 heteroatoms. The van der Waals surface area contributed by atoms with Gasteiger partial charge in [-0.3, -0.25) is 28.8 Å². The lowest BCUT2D eigenvalue weighted by atomic mass is 10.00. The van der Waals surface area contributed by atoms with Crippen LogP contribution in [-0.4, -0.2) is 127 Å². The van der Waals surface area contributed by atoms with Crippen LogP contribution in [0, 0.1) is 41.5 Å². The number of carbonyl (C=O) groups excluding carboxylic acids is 6. The molecule has 0 atom stereocenters. The molecule has 12 aromatic carbocycles. The minimum absolute atomic E-state index is 0.00843. The number of ketones is 6. The Kier molecular flexibility index (Phi) is 41.9. The van der Waals surface area contributed by atoms with E-state index >= 15 is 0 Å². The van der Waals surface area contributed by atoms with Gasteiger partial charge < -0.3 is 91.9 Å². The Morgan fingerprint density at radius 3 is 0.894 bits per heavy atom. The van der Waals surface area contributed by atoms with Crippen LogP contribution in [-0.2, 0) is 0 Å². The van der Waals surface area contributed by atoms with E-state index < -0.39 is 51.9 Å². The fourth-order valence-electron chi connectivity index (χ4n) is 11.0. The van der Waals surface area contributed by atoms with Crippen LogP contribution in [0.5, 0.6) is 103 Å². The molecule has 0 spiro atoms. The summed E-state index contributed by atoms with van der Waals surface area (Å²) >= 11 is 77.8. The van der Waals surface area contributed by atoms with Gasteiger partial charge in [0.25, 0.3) is 0 Å². The number of aromatic hydroxyl groups is 18. The third-order valence-electron chi connectivity index (χ3n) is 18.3. The van der Waals surface area contributed by atoms with Gasteiger partial charge in [-0.25, -0.2) is 0 Å². The molecule has 696 valence electrons. The number of carbonyl (C=O) groups is 6. The lowest BCUT2D eigenvalue weighted by Crippen LogP contribution is -2.08. The molecule has 18 N–H and O–H groups in total. The first-order valence-electron chi connectivity index (χ1n) is 34.7. The molecule has 0 unspecified atom stereocenters. The van der Waals surface area contributed by atoms with Gasteiger partial charge in [0.2, 0.25) is 0 Å². The molecule has 12 rings (SSSR count). The van der Waals surface area contributed by atoms with Crippen molar-refractivity contribution in [3.63, 3.8) is 0 Å². The van der Waals surface area contributed by atoms with E-state index in [0.29, 0.717) is 145 Å². The molecule has 132 heavy (non-hydrogen) atoms. The molecule has 0 amide bonds. The van der Waals surface area contributed by atoms with Crippen molar-refractivity contribution >= 4 is 417 Å². The van der Waals surface area contributed by atoms with Crippen LogP contribution in [0.1, 0.15) is 129 Å². The molecule has 0 aliphatic heterocycles. The van der Waals surface area contributed by atoms with E-state index in [0.717, 1.165) is 12.1 Å². The molecule has 0 fully saturated rings. The Labute approximate surface area is 949 Å². The summed E-state index contributed by atoms with van der Waals surface area (Å²) in [5, 5.41) is 175. The standard InChI is InChI=1S/C14H5Br7O3.C14H7Br5O4.C14H8Br4O4.2C14H9Br3O4.C14H10Br2O5/c1-2-5(15)3(6(16)9(19)12(2)22)13(23)4-7(17)10(20)14(24)11(21)8(4)18;1-3-7(15)6(9(17)11(19)12(3)21)13(22)4-2-5(20)14(23)10(18)8(4)16;1-4-2-5(8(15)10(17)12(4)20)13(21)6-3-7(19)14(22)11(18)9(6)16;1-5-2-7(11(16)12(17)13(5)20)14(21)6-3-9(18)10(19)4-8(6)15;1-5-2-7(15)11(17)10(12(5)19)13(20)6-3-8(16)14(21)9(18)4-6;1-5-10(15)9(11(16)14(21)12(5)19)13(20)6-2-3-7(17)8(18)4-6/h22,24H,1H3;2,20-21,23H,1H3;2-3,19-20,22H,1H3;2-4,18-20H,1H3;2-4,18-19,21H,1H3;2-4,17-19,21H,1H3. The van der Waals surface area contributed by atoms with Gasteiger partial charge in [0.05, 0.1) is 72.5 Å². The van der Waals surface area contributed by atoms with Crippen LogP contribution in [0.25, 0.3) is 0 Å². The summed E-state index contributed by atoms with van der Waals surface area (Å²) in [4.78, 5) is 76.6. The summed E-state index contributed by atoms with van der Waals surface area (Å²) in [6, 6.07) is 15.7. The molecule has 24 nitrogen and oxygen atoms in total. The largest absolute Gasteiger partial charge is 0.507 e. The Morgan fingerprint density at radius 1 is 0.174 bits per heavy atom. The maximum Gasteiger partial charge on any atom is 0.198 e. The van der Waals surface area contributed by atoms with E-state index in [-0.39, 0.29) is 149 Å². The second-order valence-electron chi connectivity index (χ2n) is 26.7. The number of hydrogen-bond acceptors (Lipinski definition) is 24. The predicted molar refractivity (Wildman–Crippen MR) is 581 cm³/mol. The zero-order valence-corrected chi connectivity index (χ0v) is 104. The Bertz CT molecular complexity index is 6600. The number of benzene rings is 12. The lowest BCUT2D eigenvalue weighted by molar-refractivity contribution is 0.102. The number of halogens is 24. The van der Waals surface area contributed by atoms with Crippen LogP contribution in [0.2, 0.25) is 0 Å². The maximum atomic E-state index is 13.2. The number of rotatable bonds is 12. The molecule has 0 aliphatic carbocycles. The SMILES string of the molecule is Cc1c(O)c(Br)c(Br)c(C(=O)c2c(Br)c(Br)c(O)c(Br)c2Br)c1Br.Cc1c(O)c(Br)c(Br)c(C(=O)c2cc(O)c(O)c(Br)c2Br)c1Br.Cc1c(O)c(O)c(Br)c(C(=O)c2ccc(O)c(O)c2)c1Br.Cc1cc(Br)c(Br)c(C(=O)c2cc(O)c(O)c(Br)c2)c1O.Cc1cc(C(=O)c2cc(O)c(O)c(Br)c2Br)c(Br)c(Br)c1O.Cc1cc(C(=O)c2cc(O)c(O)cc2Br)c(Br)c(Br)c1O. The summed E-state index contributed by atoms with van der Waals surface area (Å²) in [5.41, 5.74) is 5.41. The predicted octanol–water partition coefficient (Wildman–Crippen LogP) is 32.4. The lowest BCUT2D eigenvalue weighted by Gasteiger charge is -2.17. The van der Waals surface area contributed by atoms with Crippen molar-refractivity contribution in [2.45, 2.75) is 41.5 Å². The molecular formula is C84H48Br24O24. The molecule has 0 bridgehead atoms. The van der Waals surface area contributed by atoms with Gasteiger partial charge in [-0.1, -0.05) is 0 Å². The number of hydrogen-bond donors (Lipinski definition) is 18.